The zero-order chi connectivity index (χ0) is 12.4. The second-order valence-corrected chi connectivity index (χ2v) is 3.65. The predicted octanol–water partition coefficient (Wildman–Crippen LogP) is 1.87. The average Bonchev–Trinajstić information content (AvgIpc) is 2.76. The van der Waals surface area contributed by atoms with Gasteiger partial charge in [-0.25, -0.2) is 13.2 Å². The molecule has 1 aromatic rings. The fourth-order valence-corrected chi connectivity index (χ4v) is 1.56. The highest BCUT2D eigenvalue weighted by molar-refractivity contribution is 5.87. The van der Waals surface area contributed by atoms with Gasteiger partial charge in [-0.1, -0.05) is 0 Å². The summed E-state index contributed by atoms with van der Waals surface area (Å²) in [6, 6.07) is 1.16. The normalized spacial score (nSPS) is 16.4. The van der Waals surface area contributed by atoms with Crippen LogP contribution in [0.15, 0.2) is 17.1 Å². The number of hydrogen-bond acceptors (Lipinski definition) is 3. The van der Waals surface area contributed by atoms with Crippen LogP contribution in [-0.2, 0) is 0 Å². The third-order valence-corrected chi connectivity index (χ3v) is 2.34. The molecule has 1 unspecified atom stereocenters. The number of halogens is 3. The summed E-state index contributed by atoms with van der Waals surface area (Å²) in [5.41, 5.74) is 0. The van der Waals surface area contributed by atoms with Crippen molar-refractivity contribution in [3.63, 3.8) is 0 Å². The first-order valence-electron chi connectivity index (χ1n) is 5.17. The highest BCUT2D eigenvalue weighted by Crippen LogP contribution is 2.24. The first-order chi connectivity index (χ1) is 8.08. The van der Waals surface area contributed by atoms with Crippen LogP contribution in [0.4, 0.5) is 13.2 Å². The molecule has 0 amide bonds. The van der Waals surface area contributed by atoms with Crippen LogP contribution in [0, 0.1) is 17.5 Å². The molecule has 0 aliphatic carbocycles. The lowest BCUT2D eigenvalue weighted by atomic mass is 10.3. The smallest absolute Gasteiger partial charge is 0.191 e. The maximum Gasteiger partial charge on any atom is 0.191 e. The summed E-state index contributed by atoms with van der Waals surface area (Å²) in [5, 5.41) is 2.93. The molecule has 3 nitrogen and oxygen atoms in total. The molecule has 0 fully saturated rings. The second kappa shape index (κ2) is 4.65. The predicted molar refractivity (Wildman–Crippen MR) is 56.7 cm³/mol. The van der Waals surface area contributed by atoms with E-state index in [4.69, 9.17) is 4.74 Å². The number of amidine groups is 1. The van der Waals surface area contributed by atoms with Crippen molar-refractivity contribution in [2.45, 2.75) is 13.0 Å². The van der Waals surface area contributed by atoms with Crippen LogP contribution in [0.5, 0.6) is 5.75 Å². The quantitative estimate of drug-likeness (QED) is 0.879. The number of rotatable bonds is 3. The van der Waals surface area contributed by atoms with Crippen molar-refractivity contribution < 1.29 is 17.9 Å². The van der Waals surface area contributed by atoms with Gasteiger partial charge in [0.15, 0.2) is 23.5 Å². The molecule has 0 radical (unpaired) electrons. The Morgan fingerprint density at radius 1 is 1.29 bits per heavy atom. The summed E-state index contributed by atoms with van der Waals surface area (Å²) in [7, 11) is 0. The van der Waals surface area contributed by atoms with Gasteiger partial charge in [0.25, 0.3) is 0 Å². The Kier molecular flexibility index (Phi) is 3.21. The van der Waals surface area contributed by atoms with Crippen LogP contribution in [0.1, 0.15) is 6.92 Å². The van der Waals surface area contributed by atoms with E-state index >= 15 is 0 Å². The van der Waals surface area contributed by atoms with Crippen molar-refractivity contribution in [3.8, 4) is 5.75 Å². The van der Waals surface area contributed by atoms with Crippen molar-refractivity contribution in [3.05, 3.63) is 29.6 Å². The molecular formula is C11H11F3N2O. The van der Waals surface area contributed by atoms with Crippen LogP contribution >= 0.6 is 0 Å². The Balaban J connectivity index is 2.18. The Bertz CT molecular complexity index is 439. The standard InChI is InChI=1S/C11H11F3N2O/c1-6(11-15-2-3-16-11)17-10-8(13)4-7(12)5-9(10)14/h4-6H,2-3H2,1H3,(H,15,16)/i12-1. The van der Waals surface area contributed by atoms with E-state index in [0.717, 1.165) is 0 Å². The van der Waals surface area contributed by atoms with E-state index in [9.17, 15) is 13.2 Å². The van der Waals surface area contributed by atoms with Gasteiger partial charge in [0.2, 0.25) is 0 Å². The van der Waals surface area contributed by atoms with Gasteiger partial charge >= 0.3 is 0 Å². The van der Waals surface area contributed by atoms with Gasteiger partial charge in [0.1, 0.15) is 11.7 Å². The zero-order valence-corrected chi connectivity index (χ0v) is 9.14. The van der Waals surface area contributed by atoms with E-state index in [1.165, 1.54) is 0 Å². The summed E-state index contributed by atoms with van der Waals surface area (Å²) in [4.78, 5) is 4.07. The van der Waals surface area contributed by atoms with Gasteiger partial charge in [-0.2, -0.15) is 0 Å². The monoisotopic (exact) mass is 243 g/mol. The first-order valence-corrected chi connectivity index (χ1v) is 5.17. The lowest BCUT2D eigenvalue weighted by Gasteiger charge is -2.16. The van der Waals surface area contributed by atoms with Crippen LogP contribution < -0.4 is 10.1 Å². The zero-order valence-electron chi connectivity index (χ0n) is 9.14. The van der Waals surface area contributed by atoms with Crippen LogP contribution in [-0.4, -0.2) is 25.0 Å². The molecule has 1 aromatic carbocycles. The largest absolute Gasteiger partial charge is 0.477 e. The third kappa shape index (κ3) is 2.51. The van der Waals surface area contributed by atoms with Crippen LogP contribution in [0.25, 0.3) is 0 Å². The number of aliphatic imine (C=N–C) groups is 1. The van der Waals surface area contributed by atoms with Gasteiger partial charge in [0, 0.05) is 18.7 Å². The Labute approximate surface area is 96.3 Å². The lowest BCUT2D eigenvalue weighted by Crippen LogP contribution is -2.33. The first kappa shape index (κ1) is 11.8. The molecule has 0 bridgehead atoms. The summed E-state index contributed by atoms with van der Waals surface area (Å²) in [5.74, 6) is -3.15. The highest BCUT2D eigenvalue weighted by atomic mass is 19.1. The minimum absolute atomic E-state index is 0.535. The van der Waals surface area contributed by atoms with E-state index in [1.807, 2.05) is 0 Å². The topological polar surface area (TPSA) is 33.6 Å². The fraction of sp³-hybridized carbons (Fsp3) is 0.364. The molecule has 1 aliphatic heterocycles. The van der Waals surface area contributed by atoms with Gasteiger partial charge in [-0.05, 0) is 6.92 Å². The van der Waals surface area contributed by atoms with E-state index < -0.39 is 29.3 Å². The average molecular weight is 243 g/mol. The minimum atomic E-state index is -1.06. The third-order valence-electron chi connectivity index (χ3n) is 2.34. The van der Waals surface area contributed by atoms with Crippen molar-refractivity contribution in [2.75, 3.05) is 13.1 Å². The number of hydrogen-bond donors (Lipinski definition) is 1. The summed E-state index contributed by atoms with van der Waals surface area (Å²) in [6.07, 6.45) is -0.605. The molecule has 1 heterocycles. The van der Waals surface area contributed by atoms with E-state index in [-0.39, 0.29) is 0 Å². The minimum Gasteiger partial charge on any atom is -0.477 e. The van der Waals surface area contributed by atoms with Crippen molar-refractivity contribution >= 4 is 5.84 Å². The van der Waals surface area contributed by atoms with Gasteiger partial charge in [-0.15, -0.1) is 0 Å². The van der Waals surface area contributed by atoms with Crippen LogP contribution in [0.3, 0.4) is 0 Å². The van der Waals surface area contributed by atoms with Crippen LogP contribution in [0.2, 0.25) is 0 Å². The molecule has 6 heteroatoms. The summed E-state index contributed by atoms with van der Waals surface area (Å²) < 4.78 is 44.4. The molecule has 1 N–H and O–H groups in total. The molecular weight excluding hydrogens is 232 g/mol. The van der Waals surface area contributed by atoms with Gasteiger partial charge in [-0.3, -0.25) is 4.99 Å². The number of benzene rings is 1. The summed E-state index contributed by atoms with van der Waals surface area (Å²) >= 11 is 0. The van der Waals surface area contributed by atoms with Crippen molar-refractivity contribution in [1.82, 2.24) is 5.32 Å². The molecule has 17 heavy (non-hydrogen) atoms. The number of ether oxygens (including phenoxy) is 1. The molecule has 1 atom stereocenters. The second-order valence-electron chi connectivity index (χ2n) is 3.65. The highest BCUT2D eigenvalue weighted by Gasteiger charge is 2.20. The fourth-order valence-electron chi connectivity index (χ4n) is 1.56. The van der Waals surface area contributed by atoms with Crippen molar-refractivity contribution in [2.24, 2.45) is 4.99 Å². The molecule has 92 valence electrons. The van der Waals surface area contributed by atoms with E-state index in [2.05, 4.69) is 10.3 Å². The number of nitrogens with zero attached hydrogens (tertiary/aromatic N) is 1. The molecule has 0 saturated heterocycles. The molecule has 2 rings (SSSR count). The number of nitrogens with one attached hydrogen (secondary N) is 1. The molecule has 0 aromatic heterocycles. The molecule has 0 spiro atoms. The molecule has 1 aliphatic rings. The Hall–Kier alpha value is -1.72. The Morgan fingerprint density at radius 2 is 1.94 bits per heavy atom. The van der Waals surface area contributed by atoms with Gasteiger partial charge in [0.05, 0.1) is 6.54 Å². The van der Waals surface area contributed by atoms with Gasteiger partial charge < -0.3 is 10.1 Å². The van der Waals surface area contributed by atoms with E-state index in [1.54, 1.807) is 6.92 Å². The maximum absolute atomic E-state index is 13.3. The van der Waals surface area contributed by atoms with Crippen molar-refractivity contribution in [1.29, 1.82) is 0 Å². The lowest BCUT2D eigenvalue weighted by molar-refractivity contribution is 0.254. The SMILES string of the molecule is CC(Oc1c(F)cc([18F])cc1F)C1=NCCN1. The summed E-state index contributed by atoms with van der Waals surface area (Å²) in [6.45, 7) is 2.90. The Morgan fingerprint density at radius 3 is 2.47 bits per heavy atom. The maximum atomic E-state index is 13.3. The van der Waals surface area contributed by atoms with E-state index in [0.29, 0.717) is 31.1 Å². The molecule has 0 saturated carbocycles.